The maximum absolute atomic E-state index is 13.4. The highest BCUT2D eigenvalue weighted by atomic mass is 16.5. The highest BCUT2D eigenvalue weighted by Gasteiger charge is 2.43. The first-order valence-corrected chi connectivity index (χ1v) is 9.36. The zero-order valence-electron chi connectivity index (χ0n) is 16.6. The number of hydrogen-bond donors (Lipinski definition) is 1. The Kier molecular flexibility index (Phi) is 4.88. The minimum absolute atomic E-state index is 0.0921. The van der Waals surface area contributed by atoms with E-state index in [1.54, 1.807) is 32.2 Å². The van der Waals surface area contributed by atoms with Crippen molar-refractivity contribution in [1.82, 2.24) is 15.1 Å². The molecule has 7 nitrogen and oxygen atoms in total. The van der Waals surface area contributed by atoms with Crippen LogP contribution in [-0.2, 0) is 11.3 Å². The Morgan fingerprint density at radius 2 is 1.79 bits per heavy atom. The minimum Gasteiger partial charge on any atom is -0.493 e. The average Bonchev–Trinajstić information content (AvgIpc) is 3.07. The van der Waals surface area contributed by atoms with Crippen molar-refractivity contribution in [1.29, 1.82) is 0 Å². The van der Waals surface area contributed by atoms with Crippen molar-refractivity contribution in [3.63, 3.8) is 0 Å². The van der Waals surface area contributed by atoms with Crippen LogP contribution in [0.1, 0.15) is 17.2 Å². The summed E-state index contributed by atoms with van der Waals surface area (Å²) in [6.45, 7) is 0.867. The number of carbonyl (C=O) groups is 2. The van der Waals surface area contributed by atoms with Gasteiger partial charge in [0.2, 0.25) is 0 Å². The fourth-order valence-corrected chi connectivity index (χ4v) is 3.93. The van der Waals surface area contributed by atoms with E-state index in [0.717, 1.165) is 5.56 Å². The molecule has 0 saturated carbocycles. The Morgan fingerprint density at radius 1 is 1.03 bits per heavy atom. The molecule has 1 N–H and O–H groups in total. The van der Waals surface area contributed by atoms with Crippen LogP contribution in [0.5, 0.6) is 11.5 Å². The molecular formula is C22H23N3O4. The van der Waals surface area contributed by atoms with Crippen molar-refractivity contribution in [2.75, 3.05) is 27.8 Å². The molecule has 0 aromatic heterocycles. The summed E-state index contributed by atoms with van der Waals surface area (Å²) in [5, 5.41) is 2.94. The maximum Gasteiger partial charge on any atom is 0.322 e. The lowest BCUT2D eigenvalue weighted by molar-refractivity contribution is -0.126. The Hall–Kier alpha value is -3.48. The van der Waals surface area contributed by atoms with Crippen LogP contribution in [0.4, 0.5) is 4.79 Å². The van der Waals surface area contributed by atoms with Crippen molar-refractivity contribution in [2.45, 2.75) is 12.6 Å². The lowest BCUT2D eigenvalue weighted by Crippen LogP contribution is -2.45. The van der Waals surface area contributed by atoms with Gasteiger partial charge in [-0.3, -0.25) is 9.69 Å². The van der Waals surface area contributed by atoms with E-state index in [0.29, 0.717) is 41.4 Å². The number of carbonyl (C=O) groups excluding carboxylic acids is 2. The van der Waals surface area contributed by atoms with Crippen LogP contribution in [0.25, 0.3) is 0 Å². The smallest absolute Gasteiger partial charge is 0.322 e. The molecule has 2 aliphatic heterocycles. The molecule has 0 spiro atoms. The van der Waals surface area contributed by atoms with Crippen LogP contribution in [0.2, 0.25) is 0 Å². The molecule has 4 rings (SSSR count). The number of urea groups is 1. The first-order valence-electron chi connectivity index (χ1n) is 9.36. The van der Waals surface area contributed by atoms with E-state index in [9.17, 15) is 9.59 Å². The summed E-state index contributed by atoms with van der Waals surface area (Å²) in [7, 11) is 4.79. The zero-order chi connectivity index (χ0) is 20.5. The predicted molar refractivity (Wildman–Crippen MR) is 107 cm³/mol. The Labute approximate surface area is 169 Å². The van der Waals surface area contributed by atoms with Crippen LogP contribution in [0.3, 0.4) is 0 Å². The summed E-state index contributed by atoms with van der Waals surface area (Å²) in [4.78, 5) is 29.3. The van der Waals surface area contributed by atoms with E-state index in [1.807, 2.05) is 42.5 Å². The molecule has 7 heteroatoms. The van der Waals surface area contributed by atoms with Gasteiger partial charge in [-0.05, 0) is 11.6 Å². The van der Waals surface area contributed by atoms with E-state index < -0.39 is 6.04 Å². The normalized spacial score (nSPS) is 18.7. The molecule has 0 unspecified atom stereocenters. The summed E-state index contributed by atoms with van der Waals surface area (Å²) >= 11 is 0. The third kappa shape index (κ3) is 3.18. The first-order chi connectivity index (χ1) is 14.0. The molecule has 2 aliphatic rings. The molecule has 0 radical (unpaired) electrons. The summed E-state index contributed by atoms with van der Waals surface area (Å²) in [5.41, 5.74) is 3.01. The number of benzene rings is 2. The van der Waals surface area contributed by atoms with Crippen molar-refractivity contribution in [3.8, 4) is 11.5 Å². The third-order valence-electron chi connectivity index (χ3n) is 5.40. The SMILES string of the molecule is COc1cccc([C@@H]2NC(=O)N(C)C3=C2C(=O)N(Cc2ccccc2)C3)c1OC. The molecular weight excluding hydrogens is 370 g/mol. The minimum atomic E-state index is -0.605. The van der Waals surface area contributed by atoms with Gasteiger partial charge in [0.15, 0.2) is 11.5 Å². The fraction of sp³-hybridized carbons (Fsp3) is 0.273. The summed E-state index contributed by atoms with van der Waals surface area (Å²) < 4.78 is 10.9. The van der Waals surface area contributed by atoms with Crippen LogP contribution in [0.15, 0.2) is 59.8 Å². The quantitative estimate of drug-likeness (QED) is 0.848. The van der Waals surface area contributed by atoms with Crippen molar-refractivity contribution in [2.24, 2.45) is 0 Å². The molecule has 150 valence electrons. The molecule has 0 aliphatic carbocycles. The number of methoxy groups -OCH3 is 2. The van der Waals surface area contributed by atoms with Gasteiger partial charge in [-0.1, -0.05) is 42.5 Å². The molecule has 0 fully saturated rings. The van der Waals surface area contributed by atoms with E-state index in [-0.39, 0.29) is 11.9 Å². The van der Waals surface area contributed by atoms with Crippen LogP contribution < -0.4 is 14.8 Å². The van der Waals surface area contributed by atoms with E-state index in [4.69, 9.17) is 9.47 Å². The fourth-order valence-electron chi connectivity index (χ4n) is 3.93. The summed E-state index contributed by atoms with van der Waals surface area (Å²) in [5.74, 6) is 0.962. The van der Waals surface area contributed by atoms with Gasteiger partial charge in [-0.25, -0.2) is 4.79 Å². The van der Waals surface area contributed by atoms with Crippen molar-refractivity contribution >= 4 is 11.9 Å². The Morgan fingerprint density at radius 3 is 2.48 bits per heavy atom. The number of nitrogens with zero attached hydrogens (tertiary/aromatic N) is 2. The second-order valence-electron chi connectivity index (χ2n) is 7.03. The third-order valence-corrected chi connectivity index (χ3v) is 5.40. The van der Waals surface area contributed by atoms with Gasteiger partial charge in [-0.2, -0.15) is 0 Å². The van der Waals surface area contributed by atoms with Crippen LogP contribution in [0, 0.1) is 0 Å². The monoisotopic (exact) mass is 393 g/mol. The van der Waals surface area contributed by atoms with Crippen molar-refractivity contribution < 1.29 is 19.1 Å². The highest BCUT2D eigenvalue weighted by molar-refractivity contribution is 6.01. The zero-order valence-corrected chi connectivity index (χ0v) is 16.6. The highest BCUT2D eigenvalue weighted by Crippen LogP contribution is 2.42. The molecule has 2 heterocycles. The van der Waals surface area contributed by atoms with Gasteiger partial charge >= 0.3 is 6.03 Å². The van der Waals surface area contributed by atoms with E-state index in [2.05, 4.69) is 5.32 Å². The number of amides is 3. The predicted octanol–water partition coefficient (Wildman–Crippen LogP) is 2.70. The first kappa shape index (κ1) is 18.9. The molecule has 29 heavy (non-hydrogen) atoms. The number of likely N-dealkylation sites (N-methyl/N-ethyl adjacent to an activating group) is 1. The van der Waals surface area contributed by atoms with Gasteiger partial charge in [-0.15, -0.1) is 0 Å². The van der Waals surface area contributed by atoms with E-state index >= 15 is 0 Å². The lowest BCUT2D eigenvalue weighted by atomic mass is 9.94. The average molecular weight is 393 g/mol. The molecule has 0 saturated heterocycles. The van der Waals surface area contributed by atoms with Gasteiger partial charge in [0, 0.05) is 19.2 Å². The Bertz CT molecular complexity index is 987. The summed E-state index contributed by atoms with van der Waals surface area (Å²) in [6.07, 6.45) is 0. The second-order valence-corrected chi connectivity index (χ2v) is 7.03. The maximum atomic E-state index is 13.4. The number of rotatable bonds is 5. The van der Waals surface area contributed by atoms with Crippen molar-refractivity contribution in [3.05, 3.63) is 70.9 Å². The second kappa shape index (κ2) is 7.50. The largest absolute Gasteiger partial charge is 0.493 e. The molecule has 1 atom stereocenters. The molecule has 3 amide bonds. The number of hydrogen-bond acceptors (Lipinski definition) is 4. The summed E-state index contributed by atoms with van der Waals surface area (Å²) in [6, 6.07) is 14.4. The van der Waals surface area contributed by atoms with Gasteiger partial charge in [0.25, 0.3) is 5.91 Å². The number of ether oxygens (including phenoxy) is 2. The topological polar surface area (TPSA) is 71.1 Å². The van der Waals surface area contributed by atoms with Gasteiger partial charge in [0.05, 0.1) is 38.1 Å². The number of nitrogens with one attached hydrogen (secondary N) is 1. The standard InChI is InChI=1S/C22H23N3O4/c1-24-16-13-25(12-14-8-5-4-6-9-14)21(26)18(16)19(23-22(24)27)15-10-7-11-17(28-2)20(15)29-3/h4-11,19H,12-13H2,1-3H3,(H,23,27)/t19-/m0/s1. The molecule has 0 bridgehead atoms. The molecule has 2 aromatic rings. The lowest BCUT2D eigenvalue weighted by Gasteiger charge is -2.31. The Balaban J connectivity index is 1.74. The van der Waals surface area contributed by atoms with Crippen LogP contribution >= 0.6 is 0 Å². The van der Waals surface area contributed by atoms with Crippen LogP contribution in [-0.4, -0.2) is 49.6 Å². The van der Waals surface area contributed by atoms with Gasteiger partial charge in [0.1, 0.15) is 0 Å². The van der Waals surface area contributed by atoms with E-state index in [1.165, 1.54) is 4.90 Å². The number of para-hydroxylation sites is 1. The van der Waals surface area contributed by atoms with Gasteiger partial charge < -0.3 is 19.7 Å². The molecule has 2 aromatic carbocycles.